The Kier molecular flexibility index (Phi) is 5.41. The molecule has 0 aromatic carbocycles. The molecular weight excluding hydrogens is 425 g/mol. The fourth-order valence-corrected chi connectivity index (χ4v) is 5.43. The highest BCUT2D eigenvalue weighted by atomic mass is 32.2. The summed E-state index contributed by atoms with van der Waals surface area (Å²) in [6, 6.07) is 7.98. The molecule has 7 nitrogen and oxygen atoms in total. The number of nitrogens with zero attached hydrogens (tertiary/aromatic N) is 6. The van der Waals surface area contributed by atoms with E-state index in [9.17, 15) is 9.65 Å². The molecule has 32 heavy (non-hydrogen) atoms. The van der Waals surface area contributed by atoms with Crippen LogP contribution in [-0.2, 0) is 0 Å². The summed E-state index contributed by atoms with van der Waals surface area (Å²) in [7, 11) is 2.01. The van der Waals surface area contributed by atoms with E-state index in [1.54, 1.807) is 16.8 Å². The molecule has 4 heterocycles. The SMILES string of the molecule is CN[C@@H]1CC[C@H](n2ncc(-c3cc(Sc4ncccc4F)c4c(C#N)cnn4c3)c2C)C1. The molecule has 0 spiro atoms. The van der Waals surface area contributed by atoms with E-state index in [4.69, 9.17) is 5.10 Å². The number of nitriles is 1. The van der Waals surface area contributed by atoms with E-state index in [1.807, 2.05) is 25.5 Å². The van der Waals surface area contributed by atoms with Crippen molar-refractivity contribution in [3.63, 3.8) is 0 Å². The van der Waals surface area contributed by atoms with E-state index in [0.29, 0.717) is 23.2 Å². The van der Waals surface area contributed by atoms with Gasteiger partial charge in [-0.05, 0) is 51.4 Å². The summed E-state index contributed by atoms with van der Waals surface area (Å²) in [4.78, 5) is 4.88. The van der Waals surface area contributed by atoms with Gasteiger partial charge in [-0.1, -0.05) is 11.8 Å². The number of hydrogen-bond donors (Lipinski definition) is 1. The minimum Gasteiger partial charge on any atom is -0.317 e. The van der Waals surface area contributed by atoms with E-state index in [2.05, 4.69) is 33.1 Å². The molecular formula is C23H22FN7S. The second-order valence-electron chi connectivity index (χ2n) is 7.99. The van der Waals surface area contributed by atoms with Gasteiger partial charge in [-0.2, -0.15) is 15.5 Å². The molecule has 9 heteroatoms. The van der Waals surface area contributed by atoms with Gasteiger partial charge in [-0.25, -0.2) is 13.9 Å². The molecule has 0 radical (unpaired) electrons. The van der Waals surface area contributed by atoms with Crippen LogP contribution < -0.4 is 5.32 Å². The average molecular weight is 448 g/mol. The van der Waals surface area contributed by atoms with Gasteiger partial charge in [0.05, 0.1) is 29.5 Å². The van der Waals surface area contributed by atoms with Crippen LogP contribution in [0.5, 0.6) is 0 Å². The highest BCUT2D eigenvalue weighted by molar-refractivity contribution is 7.99. The number of halogens is 1. The second-order valence-corrected chi connectivity index (χ2v) is 9.02. The fourth-order valence-electron chi connectivity index (χ4n) is 4.46. The molecule has 0 unspecified atom stereocenters. The average Bonchev–Trinajstić information content (AvgIpc) is 3.53. The Balaban J connectivity index is 1.59. The lowest BCUT2D eigenvalue weighted by molar-refractivity contribution is 0.442. The zero-order chi connectivity index (χ0) is 22.2. The molecule has 1 aliphatic carbocycles. The zero-order valence-electron chi connectivity index (χ0n) is 17.8. The van der Waals surface area contributed by atoms with Crippen LogP contribution in [0.25, 0.3) is 16.6 Å². The fraction of sp³-hybridized carbons (Fsp3) is 0.304. The van der Waals surface area contributed by atoms with Gasteiger partial charge in [0.25, 0.3) is 0 Å². The smallest absolute Gasteiger partial charge is 0.155 e. The Bertz CT molecular complexity index is 1340. The number of rotatable bonds is 5. The molecule has 1 N–H and O–H groups in total. The summed E-state index contributed by atoms with van der Waals surface area (Å²) < 4.78 is 18.1. The second kappa shape index (κ2) is 8.37. The van der Waals surface area contributed by atoms with Gasteiger partial charge >= 0.3 is 0 Å². The molecule has 0 saturated heterocycles. The van der Waals surface area contributed by atoms with Crippen LogP contribution in [-0.4, -0.2) is 37.5 Å². The van der Waals surface area contributed by atoms with Gasteiger partial charge in [-0.15, -0.1) is 0 Å². The van der Waals surface area contributed by atoms with Crippen molar-refractivity contribution in [1.29, 1.82) is 5.26 Å². The molecule has 162 valence electrons. The van der Waals surface area contributed by atoms with E-state index in [1.165, 1.54) is 24.0 Å². The standard InChI is InChI=1S/C23H22FN7S/c1-14-19(12-29-31(14)18-6-5-17(9-18)26-2)15-8-21(32-23-20(24)4-3-7-27-23)22-16(10-25)11-28-30(22)13-15/h3-4,7-8,11-13,17-18,26H,5-6,9H2,1-2H3/t17-,18+/m1/s1. The number of nitrogens with one attached hydrogen (secondary N) is 1. The molecule has 5 rings (SSSR count). The van der Waals surface area contributed by atoms with E-state index >= 15 is 0 Å². The van der Waals surface area contributed by atoms with Crippen molar-refractivity contribution in [2.45, 2.75) is 48.2 Å². The van der Waals surface area contributed by atoms with Crippen LogP contribution in [0, 0.1) is 24.1 Å². The monoisotopic (exact) mass is 447 g/mol. The normalized spacial score (nSPS) is 18.3. The van der Waals surface area contributed by atoms with E-state index in [0.717, 1.165) is 41.0 Å². The predicted molar refractivity (Wildman–Crippen MR) is 120 cm³/mol. The van der Waals surface area contributed by atoms with Gasteiger partial charge in [0.2, 0.25) is 0 Å². The topological polar surface area (TPSA) is 83.8 Å². The molecule has 4 aromatic heterocycles. The van der Waals surface area contributed by atoms with Crippen molar-refractivity contribution >= 4 is 17.3 Å². The van der Waals surface area contributed by atoms with Gasteiger partial charge in [0.15, 0.2) is 5.82 Å². The van der Waals surface area contributed by atoms with Gasteiger partial charge in [0, 0.05) is 40.2 Å². The molecule has 4 aromatic rings. The maximum atomic E-state index is 14.3. The van der Waals surface area contributed by atoms with Crippen LogP contribution >= 0.6 is 11.8 Å². The summed E-state index contributed by atoms with van der Waals surface area (Å²) in [6.07, 6.45) is 10.2. The highest BCUT2D eigenvalue weighted by Gasteiger charge is 2.27. The number of fused-ring (bicyclic) bond motifs is 1. The summed E-state index contributed by atoms with van der Waals surface area (Å²) in [5.41, 5.74) is 4.07. The maximum Gasteiger partial charge on any atom is 0.155 e. The van der Waals surface area contributed by atoms with Crippen LogP contribution in [0.4, 0.5) is 4.39 Å². The Morgan fingerprint density at radius 2 is 2.16 bits per heavy atom. The summed E-state index contributed by atoms with van der Waals surface area (Å²) >= 11 is 1.19. The maximum absolute atomic E-state index is 14.3. The summed E-state index contributed by atoms with van der Waals surface area (Å²) in [5.74, 6) is -0.400. The minimum atomic E-state index is -0.400. The molecule has 2 atom stereocenters. The molecule has 0 amide bonds. The summed E-state index contributed by atoms with van der Waals surface area (Å²) in [5, 5.41) is 22.2. The van der Waals surface area contributed by atoms with Crippen molar-refractivity contribution in [3.05, 3.63) is 60.1 Å². The van der Waals surface area contributed by atoms with Gasteiger partial charge in [-0.3, -0.25) is 4.68 Å². The first-order valence-corrected chi connectivity index (χ1v) is 11.3. The third-order valence-corrected chi connectivity index (χ3v) is 7.17. The lowest BCUT2D eigenvalue weighted by Gasteiger charge is -2.14. The van der Waals surface area contributed by atoms with E-state index < -0.39 is 5.82 Å². The molecule has 1 saturated carbocycles. The first-order valence-electron chi connectivity index (χ1n) is 10.5. The lowest BCUT2D eigenvalue weighted by atomic mass is 10.1. The molecule has 0 bridgehead atoms. The van der Waals surface area contributed by atoms with Gasteiger partial charge < -0.3 is 5.32 Å². The summed E-state index contributed by atoms with van der Waals surface area (Å²) in [6.45, 7) is 2.08. The van der Waals surface area contributed by atoms with Crippen LogP contribution in [0.1, 0.15) is 36.6 Å². The lowest BCUT2D eigenvalue weighted by Crippen LogP contribution is -2.22. The number of pyridine rings is 2. The minimum absolute atomic E-state index is 0.258. The largest absolute Gasteiger partial charge is 0.317 e. The quantitative estimate of drug-likeness (QED) is 0.489. The van der Waals surface area contributed by atoms with Crippen molar-refractivity contribution in [1.82, 2.24) is 29.7 Å². The Labute approximate surface area is 189 Å². The zero-order valence-corrected chi connectivity index (χ0v) is 18.6. The third-order valence-electron chi connectivity index (χ3n) is 6.14. The highest BCUT2D eigenvalue weighted by Crippen LogP contribution is 2.38. The van der Waals surface area contributed by atoms with Crippen molar-refractivity contribution < 1.29 is 4.39 Å². The molecule has 0 aliphatic heterocycles. The third kappa shape index (κ3) is 3.55. The van der Waals surface area contributed by atoms with Crippen LogP contribution in [0.2, 0.25) is 0 Å². The van der Waals surface area contributed by atoms with Crippen molar-refractivity contribution in [2.24, 2.45) is 0 Å². The Hall–Kier alpha value is -3.22. The Morgan fingerprint density at radius 3 is 2.91 bits per heavy atom. The first kappa shape index (κ1) is 20.7. The van der Waals surface area contributed by atoms with Crippen LogP contribution in [0.15, 0.2) is 52.9 Å². The predicted octanol–water partition coefficient (Wildman–Crippen LogP) is 4.38. The molecule has 1 aliphatic rings. The van der Waals surface area contributed by atoms with E-state index in [-0.39, 0.29) is 5.03 Å². The number of aromatic nitrogens is 5. The molecule has 1 fully saturated rings. The van der Waals surface area contributed by atoms with Crippen molar-refractivity contribution in [2.75, 3.05) is 7.05 Å². The van der Waals surface area contributed by atoms with Crippen LogP contribution in [0.3, 0.4) is 0 Å². The number of hydrogen-bond acceptors (Lipinski definition) is 6. The van der Waals surface area contributed by atoms with Crippen molar-refractivity contribution in [3.8, 4) is 17.2 Å². The first-order chi connectivity index (χ1) is 15.6. The van der Waals surface area contributed by atoms with Gasteiger partial charge in [0.1, 0.15) is 11.1 Å². The Morgan fingerprint density at radius 1 is 1.28 bits per heavy atom.